The van der Waals surface area contributed by atoms with Gasteiger partial charge in [0.15, 0.2) is 17.5 Å². The number of nitrogens with zero attached hydrogens (tertiary/aromatic N) is 1. The largest absolute Gasteiger partial charge is 0.480 e. The molecule has 0 aliphatic carbocycles. The van der Waals surface area contributed by atoms with Crippen molar-refractivity contribution in [1.82, 2.24) is 4.90 Å². The summed E-state index contributed by atoms with van der Waals surface area (Å²) in [7, 11) is 0. The van der Waals surface area contributed by atoms with Gasteiger partial charge in [-0.3, -0.25) is 14.5 Å². The Labute approximate surface area is 118 Å². The standard InChI is InChI=1S/C13H13F3N2O3/c14-7-3-4-8(12(16)11(7)15)17-10(19)6-18-5-1-2-9(18)13(20)21/h3-4,9H,1-2,5-6H2,(H,17,19)(H,20,21). The van der Waals surface area contributed by atoms with Crippen molar-refractivity contribution in [2.75, 3.05) is 18.4 Å². The maximum atomic E-state index is 13.4. The molecule has 1 aromatic rings. The predicted molar refractivity (Wildman–Crippen MR) is 67.2 cm³/mol. The maximum absolute atomic E-state index is 13.4. The number of hydrogen-bond donors (Lipinski definition) is 2. The first kappa shape index (κ1) is 15.3. The molecule has 0 radical (unpaired) electrons. The SMILES string of the molecule is O=C(CN1CCCC1C(=O)O)Nc1ccc(F)c(F)c1F. The van der Waals surface area contributed by atoms with Crippen LogP contribution in [0.1, 0.15) is 12.8 Å². The molecule has 1 aromatic carbocycles. The highest BCUT2D eigenvalue weighted by molar-refractivity contribution is 5.92. The Morgan fingerprint density at radius 3 is 2.67 bits per heavy atom. The molecule has 8 heteroatoms. The molecule has 1 saturated heterocycles. The van der Waals surface area contributed by atoms with Gasteiger partial charge in [-0.15, -0.1) is 0 Å². The minimum Gasteiger partial charge on any atom is -0.480 e. The van der Waals surface area contributed by atoms with Crippen LogP contribution >= 0.6 is 0 Å². The molecular formula is C13H13F3N2O3. The number of rotatable bonds is 4. The van der Waals surface area contributed by atoms with Crippen LogP contribution < -0.4 is 5.32 Å². The predicted octanol–water partition coefficient (Wildman–Crippen LogP) is 1.59. The van der Waals surface area contributed by atoms with E-state index in [1.165, 1.54) is 4.90 Å². The Hall–Kier alpha value is -2.09. The number of carboxylic acids is 1. The number of anilines is 1. The monoisotopic (exact) mass is 302 g/mol. The van der Waals surface area contributed by atoms with Crippen molar-refractivity contribution in [3.8, 4) is 0 Å². The quantitative estimate of drug-likeness (QED) is 0.829. The Bertz CT molecular complexity index is 580. The molecule has 0 bridgehead atoms. The lowest BCUT2D eigenvalue weighted by Gasteiger charge is -2.20. The van der Waals surface area contributed by atoms with E-state index in [0.29, 0.717) is 25.5 Å². The summed E-state index contributed by atoms with van der Waals surface area (Å²) in [4.78, 5) is 24.2. The van der Waals surface area contributed by atoms with E-state index in [2.05, 4.69) is 5.32 Å². The molecule has 1 atom stereocenters. The van der Waals surface area contributed by atoms with Crippen molar-refractivity contribution in [3.63, 3.8) is 0 Å². The molecule has 5 nitrogen and oxygen atoms in total. The highest BCUT2D eigenvalue weighted by atomic mass is 19.2. The lowest BCUT2D eigenvalue weighted by molar-refractivity contribution is -0.142. The third kappa shape index (κ3) is 3.33. The number of likely N-dealkylation sites (tertiary alicyclic amines) is 1. The fourth-order valence-electron chi connectivity index (χ4n) is 2.29. The van der Waals surface area contributed by atoms with Gasteiger partial charge in [-0.1, -0.05) is 0 Å². The summed E-state index contributed by atoms with van der Waals surface area (Å²) < 4.78 is 39.2. The van der Waals surface area contributed by atoms with Gasteiger partial charge < -0.3 is 10.4 Å². The molecular weight excluding hydrogens is 289 g/mol. The van der Waals surface area contributed by atoms with Crippen LogP contribution in [-0.4, -0.2) is 41.0 Å². The van der Waals surface area contributed by atoms with Gasteiger partial charge in [-0.05, 0) is 31.5 Å². The van der Waals surface area contributed by atoms with Crippen LogP contribution in [0, 0.1) is 17.5 Å². The first-order valence-corrected chi connectivity index (χ1v) is 6.30. The van der Waals surface area contributed by atoms with Gasteiger partial charge in [0.1, 0.15) is 6.04 Å². The van der Waals surface area contributed by atoms with Crippen molar-refractivity contribution in [1.29, 1.82) is 0 Å². The number of carbonyl (C=O) groups is 2. The van der Waals surface area contributed by atoms with Gasteiger partial charge in [0.05, 0.1) is 12.2 Å². The molecule has 1 unspecified atom stereocenters. The van der Waals surface area contributed by atoms with Crippen LogP contribution in [0.25, 0.3) is 0 Å². The molecule has 0 spiro atoms. The van der Waals surface area contributed by atoms with Gasteiger partial charge >= 0.3 is 5.97 Å². The van der Waals surface area contributed by atoms with Crippen LogP contribution in [0.4, 0.5) is 18.9 Å². The highest BCUT2D eigenvalue weighted by Gasteiger charge is 2.31. The summed E-state index contributed by atoms with van der Waals surface area (Å²) in [5, 5.41) is 11.1. The zero-order chi connectivity index (χ0) is 15.6. The second-order valence-electron chi connectivity index (χ2n) is 4.74. The number of carbonyl (C=O) groups excluding carboxylic acids is 1. The average molecular weight is 302 g/mol. The van der Waals surface area contributed by atoms with Crippen LogP contribution in [0.2, 0.25) is 0 Å². The topological polar surface area (TPSA) is 69.6 Å². The molecule has 1 aliphatic heterocycles. The summed E-state index contributed by atoms with van der Waals surface area (Å²) in [6, 6.07) is 0.847. The molecule has 114 valence electrons. The normalized spacial score (nSPS) is 18.7. The summed E-state index contributed by atoms with van der Waals surface area (Å²) in [6.07, 6.45) is 1.08. The van der Waals surface area contributed by atoms with Gasteiger partial charge in [-0.25, -0.2) is 13.2 Å². The molecule has 2 N–H and O–H groups in total. The van der Waals surface area contributed by atoms with Crippen LogP contribution in [0.15, 0.2) is 12.1 Å². The number of benzene rings is 1. The summed E-state index contributed by atoms with van der Waals surface area (Å²) in [6.45, 7) is 0.181. The highest BCUT2D eigenvalue weighted by Crippen LogP contribution is 2.20. The lowest BCUT2D eigenvalue weighted by Crippen LogP contribution is -2.41. The number of aliphatic carboxylic acids is 1. The van der Waals surface area contributed by atoms with Crippen molar-refractivity contribution in [2.24, 2.45) is 0 Å². The van der Waals surface area contributed by atoms with Crippen molar-refractivity contribution >= 4 is 17.6 Å². The van der Waals surface area contributed by atoms with E-state index in [1.807, 2.05) is 0 Å². The van der Waals surface area contributed by atoms with E-state index in [9.17, 15) is 22.8 Å². The Morgan fingerprint density at radius 2 is 2.00 bits per heavy atom. The van der Waals surface area contributed by atoms with Crippen LogP contribution in [-0.2, 0) is 9.59 Å². The van der Waals surface area contributed by atoms with E-state index < -0.39 is 41.1 Å². The Balaban J connectivity index is 2.02. The molecule has 2 rings (SSSR count). The molecule has 1 fully saturated rings. The fraction of sp³-hybridized carbons (Fsp3) is 0.385. The zero-order valence-corrected chi connectivity index (χ0v) is 10.9. The molecule has 0 aromatic heterocycles. The van der Waals surface area contributed by atoms with Crippen molar-refractivity contribution < 1.29 is 27.9 Å². The number of carboxylic acid groups (broad SMARTS) is 1. The minimum atomic E-state index is -1.67. The second kappa shape index (κ2) is 6.13. The fourth-order valence-corrected chi connectivity index (χ4v) is 2.29. The summed E-state index contributed by atoms with van der Waals surface area (Å²) >= 11 is 0. The number of amides is 1. The summed E-state index contributed by atoms with van der Waals surface area (Å²) in [5.41, 5.74) is -0.482. The third-order valence-corrected chi connectivity index (χ3v) is 3.30. The first-order valence-electron chi connectivity index (χ1n) is 6.30. The molecule has 0 saturated carbocycles. The number of hydrogen-bond acceptors (Lipinski definition) is 3. The van der Waals surface area contributed by atoms with E-state index in [4.69, 9.17) is 5.11 Å². The van der Waals surface area contributed by atoms with Gasteiger partial charge in [0.25, 0.3) is 0 Å². The van der Waals surface area contributed by atoms with E-state index in [1.54, 1.807) is 0 Å². The molecule has 1 heterocycles. The van der Waals surface area contributed by atoms with E-state index in [-0.39, 0.29) is 6.54 Å². The van der Waals surface area contributed by atoms with E-state index in [0.717, 1.165) is 6.07 Å². The van der Waals surface area contributed by atoms with Crippen LogP contribution in [0.5, 0.6) is 0 Å². The smallest absolute Gasteiger partial charge is 0.320 e. The minimum absolute atomic E-state index is 0.255. The van der Waals surface area contributed by atoms with Gasteiger partial charge in [0.2, 0.25) is 5.91 Å². The first-order chi connectivity index (χ1) is 9.90. The van der Waals surface area contributed by atoms with Crippen LogP contribution in [0.3, 0.4) is 0 Å². The summed E-state index contributed by atoms with van der Waals surface area (Å²) in [5.74, 6) is -6.22. The maximum Gasteiger partial charge on any atom is 0.320 e. The Kier molecular flexibility index (Phi) is 4.46. The second-order valence-corrected chi connectivity index (χ2v) is 4.74. The number of nitrogens with one attached hydrogen (secondary N) is 1. The average Bonchev–Trinajstić information content (AvgIpc) is 2.88. The molecule has 1 aliphatic rings. The van der Waals surface area contributed by atoms with Crippen molar-refractivity contribution in [2.45, 2.75) is 18.9 Å². The molecule has 21 heavy (non-hydrogen) atoms. The third-order valence-electron chi connectivity index (χ3n) is 3.30. The van der Waals surface area contributed by atoms with Gasteiger partial charge in [-0.2, -0.15) is 0 Å². The van der Waals surface area contributed by atoms with E-state index >= 15 is 0 Å². The Morgan fingerprint density at radius 1 is 1.29 bits per heavy atom. The number of halogens is 3. The zero-order valence-electron chi connectivity index (χ0n) is 10.9. The lowest BCUT2D eigenvalue weighted by atomic mass is 10.2. The molecule has 1 amide bonds. The van der Waals surface area contributed by atoms with Crippen molar-refractivity contribution in [3.05, 3.63) is 29.6 Å². The van der Waals surface area contributed by atoms with Gasteiger partial charge in [0, 0.05) is 0 Å².